The quantitative estimate of drug-likeness (QED) is 0.747. The molecule has 0 spiro atoms. The number of nitrogens with zero attached hydrogens (tertiary/aromatic N) is 1. The zero-order valence-electron chi connectivity index (χ0n) is 10.0. The van der Waals surface area contributed by atoms with E-state index in [1.165, 1.54) is 12.8 Å². The summed E-state index contributed by atoms with van der Waals surface area (Å²) in [4.78, 5) is 14.0. The van der Waals surface area contributed by atoms with Gasteiger partial charge in [-0.3, -0.25) is 4.79 Å². The Balaban J connectivity index is 1.83. The first-order chi connectivity index (χ1) is 6.97. The van der Waals surface area contributed by atoms with Gasteiger partial charge < -0.3 is 10.2 Å². The summed E-state index contributed by atoms with van der Waals surface area (Å²) in [5, 5.41) is 3.60. The largest absolute Gasteiger partial charge is 0.341 e. The third-order valence-electron chi connectivity index (χ3n) is 3.17. The molecule has 2 fully saturated rings. The molecule has 0 bridgehead atoms. The lowest BCUT2D eigenvalue weighted by Crippen LogP contribution is -2.40. The summed E-state index contributed by atoms with van der Waals surface area (Å²) in [6, 6.07) is 1.29. The number of carbonyl (C=O) groups is 1. The smallest absolute Gasteiger partial charge is 0.228 e. The van der Waals surface area contributed by atoms with Crippen molar-refractivity contribution in [2.75, 3.05) is 13.1 Å². The van der Waals surface area contributed by atoms with E-state index in [-0.39, 0.29) is 5.41 Å². The highest BCUT2D eigenvalue weighted by molar-refractivity contribution is 5.81. The maximum atomic E-state index is 12.0. The molecule has 1 amide bonds. The Bertz CT molecular complexity index is 253. The Hall–Kier alpha value is -0.570. The van der Waals surface area contributed by atoms with E-state index in [1.54, 1.807) is 0 Å². The highest BCUT2D eigenvalue weighted by Crippen LogP contribution is 2.24. The van der Waals surface area contributed by atoms with Crippen molar-refractivity contribution >= 4 is 5.91 Å². The molecular weight excluding hydrogens is 188 g/mol. The van der Waals surface area contributed by atoms with Crippen molar-refractivity contribution < 1.29 is 4.79 Å². The van der Waals surface area contributed by atoms with Crippen LogP contribution in [0.1, 0.15) is 40.0 Å². The van der Waals surface area contributed by atoms with Gasteiger partial charge in [0.2, 0.25) is 5.91 Å². The molecule has 1 aliphatic carbocycles. The van der Waals surface area contributed by atoms with Crippen molar-refractivity contribution in [2.24, 2.45) is 5.41 Å². The second-order valence-corrected chi connectivity index (χ2v) is 5.93. The van der Waals surface area contributed by atoms with Crippen LogP contribution in [0.4, 0.5) is 0 Å². The Kier molecular flexibility index (Phi) is 2.75. The van der Waals surface area contributed by atoms with Crippen molar-refractivity contribution in [3.05, 3.63) is 0 Å². The summed E-state index contributed by atoms with van der Waals surface area (Å²) >= 11 is 0. The van der Waals surface area contributed by atoms with Crippen molar-refractivity contribution in [1.29, 1.82) is 0 Å². The van der Waals surface area contributed by atoms with Crippen LogP contribution in [-0.4, -0.2) is 36.0 Å². The molecule has 2 aliphatic rings. The van der Waals surface area contributed by atoms with Gasteiger partial charge in [0, 0.05) is 30.6 Å². The normalized spacial score (nSPS) is 27.1. The Labute approximate surface area is 92.2 Å². The molecule has 1 atom stereocenters. The molecule has 86 valence electrons. The van der Waals surface area contributed by atoms with Crippen LogP contribution in [0.3, 0.4) is 0 Å². The molecule has 3 heteroatoms. The predicted molar refractivity (Wildman–Crippen MR) is 60.6 cm³/mol. The van der Waals surface area contributed by atoms with E-state index in [4.69, 9.17) is 0 Å². The third-order valence-corrected chi connectivity index (χ3v) is 3.17. The fourth-order valence-corrected chi connectivity index (χ4v) is 2.14. The molecule has 2 rings (SSSR count). The number of rotatable bonds is 2. The molecule has 0 aromatic carbocycles. The molecule has 1 unspecified atom stereocenters. The molecule has 0 radical (unpaired) electrons. The van der Waals surface area contributed by atoms with Gasteiger partial charge in [0.05, 0.1) is 0 Å². The average Bonchev–Trinajstić information content (AvgIpc) is 2.80. The van der Waals surface area contributed by atoms with Crippen molar-refractivity contribution in [3.8, 4) is 0 Å². The minimum atomic E-state index is -0.228. The Morgan fingerprint density at radius 1 is 1.20 bits per heavy atom. The zero-order chi connectivity index (χ0) is 11.1. The van der Waals surface area contributed by atoms with Crippen LogP contribution in [-0.2, 0) is 4.79 Å². The van der Waals surface area contributed by atoms with Gasteiger partial charge in [0.1, 0.15) is 0 Å². The van der Waals surface area contributed by atoms with Gasteiger partial charge in [-0.15, -0.1) is 0 Å². The second kappa shape index (κ2) is 3.78. The van der Waals surface area contributed by atoms with Crippen LogP contribution >= 0.6 is 0 Å². The molecule has 1 saturated carbocycles. The number of amides is 1. The number of likely N-dealkylation sites (tertiary alicyclic amines) is 1. The summed E-state index contributed by atoms with van der Waals surface area (Å²) in [5.41, 5.74) is -0.228. The lowest BCUT2D eigenvalue weighted by atomic mass is 9.95. The second-order valence-electron chi connectivity index (χ2n) is 5.93. The van der Waals surface area contributed by atoms with E-state index in [0.29, 0.717) is 11.9 Å². The first kappa shape index (κ1) is 10.9. The molecule has 1 aliphatic heterocycles. The van der Waals surface area contributed by atoms with Crippen molar-refractivity contribution in [2.45, 2.75) is 52.1 Å². The molecule has 1 heterocycles. The zero-order valence-corrected chi connectivity index (χ0v) is 10.0. The van der Waals surface area contributed by atoms with Gasteiger partial charge in [0.25, 0.3) is 0 Å². The van der Waals surface area contributed by atoms with Crippen LogP contribution in [0, 0.1) is 5.41 Å². The number of hydrogen-bond donors (Lipinski definition) is 1. The van der Waals surface area contributed by atoms with Gasteiger partial charge in [0.15, 0.2) is 0 Å². The highest BCUT2D eigenvalue weighted by atomic mass is 16.2. The van der Waals surface area contributed by atoms with Crippen molar-refractivity contribution in [3.63, 3.8) is 0 Å². The van der Waals surface area contributed by atoms with Gasteiger partial charge >= 0.3 is 0 Å². The van der Waals surface area contributed by atoms with E-state index in [9.17, 15) is 4.79 Å². The molecule has 3 nitrogen and oxygen atoms in total. The molecule has 1 saturated heterocycles. The molecule has 15 heavy (non-hydrogen) atoms. The number of nitrogens with one attached hydrogen (secondary N) is 1. The average molecular weight is 210 g/mol. The SMILES string of the molecule is CC(C)(C)C(=O)N1CCC(NC2CC2)C1. The van der Waals surface area contributed by atoms with Gasteiger partial charge in [-0.05, 0) is 19.3 Å². The van der Waals surface area contributed by atoms with Crippen LogP contribution in [0.25, 0.3) is 0 Å². The number of hydrogen-bond acceptors (Lipinski definition) is 2. The van der Waals surface area contributed by atoms with Crippen LogP contribution in [0.2, 0.25) is 0 Å². The van der Waals surface area contributed by atoms with Gasteiger partial charge in [-0.1, -0.05) is 20.8 Å². The molecular formula is C12H22N2O. The summed E-state index contributed by atoms with van der Waals surface area (Å²) in [7, 11) is 0. The van der Waals surface area contributed by atoms with E-state index in [0.717, 1.165) is 25.6 Å². The molecule has 0 aromatic rings. The third kappa shape index (κ3) is 2.71. The predicted octanol–water partition coefficient (Wildman–Crippen LogP) is 1.39. The lowest BCUT2D eigenvalue weighted by molar-refractivity contribution is -0.138. The fourth-order valence-electron chi connectivity index (χ4n) is 2.14. The summed E-state index contributed by atoms with van der Waals surface area (Å²) in [5.74, 6) is 0.294. The van der Waals surface area contributed by atoms with Gasteiger partial charge in [-0.25, -0.2) is 0 Å². The Morgan fingerprint density at radius 2 is 1.87 bits per heavy atom. The fraction of sp³-hybridized carbons (Fsp3) is 0.917. The van der Waals surface area contributed by atoms with Crippen LogP contribution < -0.4 is 5.32 Å². The topological polar surface area (TPSA) is 32.3 Å². The minimum Gasteiger partial charge on any atom is -0.341 e. The minimum absolute atomic E-state index is 0.228. The van der Waals surface area contributed by atoms with E-state index in [2.05, 4.69) is 5.32 Å². The standard InChI is InChI=1S/C12H22N2O/c1-12(2,3)11(15)14-7-6-10(8-14)13-9-4-5-9/h9-10,13H,4-8H2,1-3H3. The van der Waals surface area contributed by atoms with Crippen LogP contribution in [0.15, 0.2) is 0 Å². The van der Waals surface area contributed by atoms with E-state index < -0.39 is 0 Å². The molecule has 0 aromatic heterocycles. The lowest BCUT2D eigenvalue weighted by Gasteiger charge is -2.25. The van der Waals surface area contributed by atoms with Crippen LogP contribution in [0.5, 0.6) is 0 Å². The molecule has 1 N–H and O–H groups in total. The maximum absolute atomic E-state index is 12.0. The van der Waals surface area contributed by atoms with Gasteiger partial charge in [-0.2, -0.15) is 0 Å². The maximum Gasteiger partial charge on any atom is 0.228 e. The first-order valence-electron chi connectivity index (χ1n) is 6.02. The number of carbonyl (C=O) groups excluding carboxylic acids is 1. The first-order valence-corrected chi connectivity index (χ1v) is 6.02. The summed E-state index contributed by atoms with van der Waals surface area (Å²) in [6.07, 6.45) is 3.77. The van der Waals surface area contributed by atoms with E-state index in [1.807, 2.05) is 25.7 Å². The monoisotopic (exact) mass is 210 g/mol. The van der Waals surface area contributed by atoms with E-state index >= 15 is 0 Å². The highest BCUT2D eigenvalue weighted by Gasteiger charge is 2.34. The van der Waals surface area contributed by atoms with Crippen molar-refractivity contribution in [1.82, 2.24) is 10.2 Å². The summed E-state index contributed by atoms with van der Waals surface area (Å²) in [6.45, 7) is 7.83. The summed E-state index contributed by atoms with van der Waals surface area (Å²) < 4.78 is 0. The Morgan fingerprint density at radius 3 is 2.40 bits per heavy atom.